The number of hydrogen-bond donors (Lipinski definition) is 1. The van der Waals surface area contributed by atoms with Crippen molar-refractivity contribution in [2.45, 2.75) is 39.7 Å². The third kappa shape index (κ3) is 3.98. The van der Waals surface area contributed by atoms with Gasteiger partial charge in [-0.1, -0.05) is 19.9 Å². The largest absolute Gasteiger partial charge is 0.369 e. The van der Waals surface area contributed by atoms with Gasteiger partial charge in [-0.25, -0.2) is 0 Å². The molecule has 0 bridgehead atoms. The average molecular weight is 289 g/mol. The molecule has 0 radical (unpaired) electrons. The molecular weight excluding hydrogens is 258 g/mol. The number of rotatable bonds is 6. The minimum atomic E-state index is 0.418. The molecule has 0 spiro atoms. The number of nitrogens with zero attached hydrogens (tertiary/aromatic N) is 2. The monoisotopic (exact) mass is 289 g/mol. The summed E-state index contributed by atoms with van der Waals surface area (Å²) in [5.41, 5.74) is 4.30. The standard InChI is InChI=1S/C18H31N3/c1-5-9-20-10-12-21(13-11-20)17-8-7-16(6-2)18(14-17)15(3)19-4/h7-8,14-15,19H,5-6,9-13H2,1-4H3. The van der Waals surface area contributed by atoms with Crippen LogP contribution in [0.25, 0.3) is 0 Å². The van der Waals surface area contributed by atoms with Crippen molar-refractivity contribution >= 4 is 5.69 Å². The van der Waals surface area contributed by atoms with E-state index in [1.165, 1.54) is 42.9 Å². The summed E-state index contributed by atoms with van der Waals surface area (Å²) in [7, 11) is 2.04. The van der Waals surface area contributed by atoms with Crippen LogP contribution in [0.2, 0.25) is 0 Å². The van der Waals surface area contributed by atoms with Crippen molar-refractivity contribution in [1.82, 2.24) is 10.2 Å². The van der Waals surface area contributed by atoms with Gasteiger partial charge in [0.1, 0.15) is 0 Å². The van der Waals surface area contributed by atoms with Crippen LogP contribution < -0.4 is 10.2 Å². The van der Waals surface area contributed by atoms with E-state index in [4.69, 9.17) is 0 Å². The molecule has 1 saturated heterocycles. The fraction of sp³-hybridized carbons (Fsp3) is 0.667. The lowest BCUT2D eigenvalue weighted by Gasteiger charge is -2.36. The van der Waals surface area contributed by atoms with Gasteiger partial charge in [0, 0.05) is 37.9 Å². The minimum Gasteiger partial charge on any atom is -0.369 e. The molecule has 0 amide bonds. The van der Waals surface area contributed by atoms with Gasteiger partial charge in [-0.15, -0.1) is 0 Å². The van der Waals surface area contributed by atoms with Gasteiger partial charge in [-0.3, -0.25) is 4.90 Å². The first-order chi connectivity index (χ1) is 10.2. The second-order valence-corrected chi connectivity index (χ2v) is 6.08. The van der Waals surface area contributed by atoms with Crippen LogP contribution in [0.15, 0.2) is 18.2 Å². The van der Waals surface area contributed by atoms with Crippen molar-refractivity contribution < 1.29 is 0 Å². The summed E-state index contributed by atoms with van der Waals surface area (Å²) >= 11 is 0. The van der Waals surface area contributed by atoms with Crippen molar-refractivity contribution in [3.8, 4) is 0 Å². The lowest BCUT2D eigenvalue weighted by molar-refractivity contribution is 0.258. The van der Waals surface area contributed by atoms with Gasteiger partial charge in [0.15, 0.2) is 0 Å². The van der Waals surface area contributed by atoms with Crippen molar-refractivity contribution in [3.63, 3.8) is 0 Å². The second-order valence-electron chi connectivity index (χ2n) is 6.08. The normalized spacial score (nSPS) is 18.0. The summed E-state index contributed by atoms with van der Waals surface area (Å²) in [5, 5.41) is 3.38. The molecule has 0 aliphatic carbocycles. The van der Waals surface area contributed by atoms with Gasteiger partial charge in [-0.2, -0.15) is 0 Å². The maximum Gasteiger partial charge on any atom is 0.0370 e. The number of benzene rings is 1. The molecule has 1 N–H and O–H groups in total. The van der Waals surface area contributed by atoms with E-state index in [9.17, 15) is 0 Å². The summed E-state index contributed by atoms with van der Waals surface area (Å²) < 4.78 is 0. The predicted molar refractivity (Wildman–Crippen MR) is 92.2 cm³/mol. The summed E-state index contributed by atoms with van der Waals surface area (Å²) in [5.74, 6) is 0. The van der Waals surface area contributed by atoms with Gasteiger partial charge in [0.05, 0.1) is 0 Å². The van der Waals surface area contributed by atoms with E-state index in [-0.39, 0.29) is 0 Å². The van der Waals surface area contributed by atoms with Crippen molar-refractivity contribution in [2.75, 3.05) is 44.7 Å². The molecule has 2 rings (SSSR count). The van der Waals surface area contributed by atoms with Crippen LogP contribution in [0.1, 0.15) is 44.4 Å². The smallest absolute Gasteiger partial charge is 0.0370 e. The summed E-state index contributed by atoms with van der Waals surface area (Å²) in [6.07, 6.45) is 2.36. The first kappa shape index (κ1) is 16.3. The molecule has 1 unspecified atom stereocenters. The molecular formula is C18H31N3. The maximum atomic E-state index is 3.38. The molecule has 0 aromatic heterocycles. The minimum absolute atomic E-state index is 0.418. The Balaban J connectivity index is 2.10. The topological polar surface area (TPSA) is 18.5 Å². The van der Waals surface area contributed by atoms with E-state index in [0.717, 1.165) is 19.5 Å². The molecule has 1 atom stereocenters. The fourth-order valence-corrected chi connectivity index (χ4v) is 3.21. The molecule has 0 saturated carbocycles. The Labute approximate surface area is 130 Å². The molecule has 1 heterocycles. The van der Waals surface area contributed by atoms with Gasteiger partial charge >= 0.3 is 0 Å². The zero-order valence-electron chi connectivity index (χ0n) is 14.2. The SMILES string of the molecule is CCCN1CCN(c2ccc(CC)c(C(C)NC)c2)CC1. The molecule has 3 nitrogen and oxygen atoms in total. The molecule has 3 heteroatoms. The number of aryl methyl sites for hydroxylation is 1. The Morgan fingerprint density at radius 3 is 2.43 bits per heavy atom. The Bertz CT molecular complexity index is 436. The highest BCUT2D eigenvalue weighted by molar-refractivity contribution is 5.52. The van der Waals surface area contributed by atoms with Gasteiger partial charge in [0.2, 0.25) is 0 Å². The van der Waals surface area contributed by atoms with E-state index in [2.05, 4.69) is 54.1 Å². The zero-order chi connectivity index (χ0) is 15.2. The number of piperazine rings is 1. The van der Waals surface area contributed by atoms with Crippen LogP contribution in [-0.2, 0) is 6.42 Å². The fourth-order valence-electron chi connectivity index (χ4n) is 3.21. The lowest BCUT2D eigenvalue weighted by atomic mass is 9.98. The van der Waals surface area contributed by atoms with Crippen LogP contribution in [0, 0.1) is 0 Å². The number of hydrogen-bond acceptors (Lipinski definition) is 3. The molecule has 1 aromatic carbocycles. The summed E-state index contributed by atoms with van der Waals surface area (Å²) in [4.78, 5) is 5.12. The Morgan fingerprint density at radius 2 is 1.86 bits per heavy atom. The average Bonchev–Trinajstić information content (AvgIpc) is 2.54. The van der Waals surface area contributed by atoms with Crippen LogP contribution in [0.5, 0.6) is 0 Å². The van der Waals surface area contributed by atoms with Crippen molar-refractivity contribution in [2.24, 2.45) is 0 Å². The lowest BCUT2D eigenvalue weighted by Crippen LogP contribution is -2.46. The van der Waals surface area contributed by atoms with Crippen LogP contribution in [0.4, 0.5) is 5.69 Å². The third-order valence-electron chi connectivity index (χ3n) is 4.69. The van der Waals surface area contributed by atoms with Crippen molar-refractivity contribution in [3.05, 3.63) is 29.3 Å². The van der Waals surface area contributed by atoms with Gasteiger partial charge in [-0.05, 0) is 56.6 Å². The molecule has 118 valence electrons. The second kappa shape index (κ2) is 7.81. The zero-order valence-corrected chi connectivity index (χ0v) is 14.2. The summed E-state index contributed by atoms with van der Waals surface area (Å²) in [6, 6.07) is 7.44. The first-order valence-electron chi connectivity index (χ1n) is 8.47. The van der Waals surface area contributed by atoms with E-state index in [0.29, 0.717) is 6.04 Å². The predicted octanol–water partition coefficient (Wildman–Crippen LogP) is 3.06. The third-order valence-corrected chi connectivity index (χ3v) is 4.69. The van der Waals surface area contributed by atoms with E-state index in [1.807, 2.05) is 7.05 Å². The van der Waals surface area contributed by atoms with Gasteiger partial charge < -0.3 is 10.2 Å². The van der Waals surface area contributed by atoms with Crippen molar-refractivity contribution in [1.29, 1.82) is 0 Å². The quantitative estimate of drug-likeness (QED) is 0.868. The molecule has 1 fully saturated rings. The van der Waals surface area contributed by atoms with E-state index in [1.54, 1.807) is 0 Å². The van der Waals surface area contributed by atoms with Crippen LogP contribution in [0.3, 0.4) is 0 Å². The Hall–Kier alpha value is -1.06. The highest BCUT2D eigenvalue weighted by Crippen LogP contribution is 2.25. The maximum absolute atomic E-state index is 3.38. The Kier molecular flexibility index (Phi) is 6.07. The molecule has 1 aliphatic rings. The van der Waals surface area contributed by atoms with E-state index >= 15 is 0 Å². The highest BCUT2D eigenvalue weighted by atomic mass is 15.3. The molecule has 21 heavy (non-hydrogen) atoms. The Morgan fingerprint density at radius 1 is 1.14 bits per heavy atom. The number of nitrogens with one attached hydrogen (secondary N) is 1. The van der Waals surface area contributed by atoms with Crippen LogP contribution >= 0.6 is 0 Å². The summed E-state index contributed by atoms with van der Waals surface area (Å²) in [6.45, 7) is 12.7. The molecule has 1 aliphatic heterocycles. The first-order valence-corrected chi connectivity index (χ1v) is 8.47. The number of anilines is 1. The van der Waals surface area contributed by atoms with Crippen LogP contribution in [-0.4, -0.2) is 44.7 Å². The van der Waals surface area contributed by atoms with E-state index < -0.39 is 0 Å². The highest BCUT2D eigenvalue weighted by Gasteiger charge is 2.18. The molecule has 1 aromatic rings. The van der Waals surface area contributed by atoms with Gasteiger partial charge in [0.25, 0.3) is 0 Å².